The molecule has 2 heteroatoms. The highest BCUT2D eigenvalue weighted by Gasteiger charge is 2.47. The second-order valence-corrected chi connectivity index (χ2v) is 5.68. The van der Waals surface area contributed by atoms with E-state index in [-0.39, 0.29) is 0 Å². The summed E-state index contributed by atoms with van der Waals surface area (Å²) in [6.45, 7) is 6.73. The molecular formula is C14H28N2. The Bertz CT molecular complexity index is 225. The summed E-state index contributed by atoms with van der Waals surface area (Å²) in [5.74, 6) is 0.840. The number of likely N-dealkylation sites (N-methyl/N-ethyl adjacent to an activating group) is 1. The molecule has 2 N–H and O–H groups in total. The van der Waals surface area contributed by atoms with E-state index in [4.69, 9.17) is 5.73 Å². The molecular weight excluding hydrogens is 196 g/mol. The van der Waals surface area contributed by atoms with Crippen molar-refractivity contribution in [3.8, 4) is 0 Å². The van der Waals surface area contributed by atoms with Crippen LogP contribution < -0.4 is 5.73 Å². The van der Waals surface area contributed by atoms with Gasteiger partial charge in [0.25, 0.3) is 0 Å². The first-order chi connectivity index (χ1) is 7.78. The molecule has 0 aromatic rings. The molecule has 0 bridgehead atoms. The second-order valence-electron chi connectivity index (χ2n) is 5.68. The van der Waals surface area contributed by atoms with Gasteiger partial charge in [0.2, 0.25) is 0 Å². The minimum atomic E-state index is 0.350. The predicted octanol–water partition coefficient (Wildman–Crippen LogP) is 2.77. The Balaban J connectivity index is 2.19. The van der Waals surface area contributed by atoms with Crippen LogP contribution in [0.3, 0.4) is 0 Å². The molecule has 2 rings (SSSR count). The fourth-order valence-electron chi connectivity index (χ4n) is 3.97. The summed E-state index contributed by atoms with van der Waals surface area (Å²) in [5.41, 5.74) is 6.55. The molecule has 2 unspecified atom stereocenters. The van der Waals surface area contributed by atoms with Crippen molar-refractivity contribution < 1.29 is 0 Å². The SMILES string of the molecule is CCC1CCCCC1(CN)N(CC)C1CC1. The molecule has 2 saturated carbocycles. The fraction of sp³-hybridized carbons (Fsp3) is 1.00. The van der Waals surface area contributed by atoms with Crippen molar-refractivity contribution in [2.75, 3.05) is 13.1 Å². The van der Waals surface area contributed by atoms with Gasteiger partial charge in [-0.25, -0.2) is 0 Å². The Morgan fingerprint density at radius 2 is 1.94 bits per heavy atom. The number of hydrogen-bond acceptors (Lipinski definition) is 2. The molecule has 0 amide bonds. The Morgan fingerprint density at radius 1 is 1.19 bits per heavy atom. The van der Waals surface area contributed by atoms with Crippen LogP contribution in [0.5, 0.6) is 0 Å². The van der Waals surface area contributed by atoms with Gasteiger partial charge >= 0.3 is 0 Å². The van der Waals surface area contributed by atoms with Crippen molar-refractivity contribution in [2.45, 2.75) is 70.4 Å². The van der Waals surface area contributed by atoms with Gasteiger partial charge in [-0.3, -0.25) is 4.90 Å². The van der Waals surface area contributed by atoms with E-state index >= 15 is 0 Å². The minimum Gasteiger partial charge on any atom is -0.329 e. The standard InChI is InChI=1S/C14H28N2/c1-3-12-7-5-6-10-14(12,11-15)16(4-2)13-8-9-13/h12-13H,3-11,15H2,1-2H3. The zero-order valence-electron chi connectivity index (χ0n) is 11.0. The van der Waals surface area contributed by atoms with Crippen LogP contribution >= 0.6 is 0 Å². The van der Waals surface area contributed by atoms with E-state index in [0.717, 1.165) is 18.5 Å². The van der Waals surface area contributed by atoms with Crippen molar-refractivity contribution in [1.29, 1.82) is 0 Å². The first-order valence-electron chi connectivity index (χ1n) is 7.25. The fourth-order valence-corrected chi connectivity index (χ4v) is 3.97. The molecule has 2 aliphatic carbocycles. The molecule has 0 saturated heterocycles. The molecule has 94 valence electrons. The molecule has 2 aliphatic rings. The van der Waals surface area contributed by atoms with E-state index in [1.165, 1.54) is 51.5 Å². The van der Waals surface area contributed by atoms with Gasteiger partial charge in [0.1, 0.15) is 0 Å². The summed E-state index contributed by atoms with van der Waals surface area (Å²) in [6.07, 6.45) is 9.67. The summed E-state index contributed by atoms with van der Waals surface area (Å²) in [7, 11) is 0. The maximum Gasteiger partial charge on any atom is 0.0362 e. The van der Waals surface area contributed by atoms with Gasteiger partial charge in [-0.15, -0.1) is 0 Å². The van der Waals surface area contributed by atoms with E-state index in [2.05, 4.69) is 18.7 Å². The molecule has 0 radical (unpaired) electrons. The Morgan fingerprint density at radius 3 is 2.44 bits per heavy atom. The third-order valence-electron chi connectivity index (χ3n) is 4.92. The Hall–Kier alpha value is -0.0800. The van der Waals surface area contributed by atoms with Crippen LogP contribution in [0.4, 0.5) is 0 Å². The van der Waals surface area contributed by atoms with Gasteiger partial charge in [-0.1, -0.05) is 33.1 Å². The first kappa shape index (κ1) is 12.4. The molecule has 0 aromatic carbocycles. The van der Waals surface area contributed by atoms with Crippen LogP contribution in [-0.4, -0.2) is 29.6 Å². The molecule has 2 atom stereocenters. The summed E-state index contributed by atoms with van der Waals surface area (Å²) >= 11 is 0. The van der Waals surface area contributed by atoms with E-state index in [1.54, 1.807) is 0 Å². The van der Waals surface area contributed by atoms with Gasteiger partial charge in [0, 0.05) is 18.1 Å². The van der Waals surface area contributed by atoms with Crippen molar-refractivity contribution in [1.82, 2.24) is 4.90 Å². The Kier molecular flexibility index (Phi) is 3.91. The molecule has 16 heavy (non-hydrogen) atoms. The first-order valence-corrected chi connectivity index (χ1v) is 7.25. The molecule has 0 aromatic heterocycles. The van der Waals surface area contributed by atoms with Gasteiger partial charge in [-0.2, -0.15) is 0 Å². The van der Waals surface area contributed by atoms with Gasteiger partial charge < -0.3 is 5.73 Å². The average molecular weight is 224 g/mol. The lowest BCUT2D eigenvalue weighted by Gasteiger charge is -2.51. The smallest absolute Gasteiger partial charge is 0.0362 e. The lowest BCUT2D eigenvalue weighted by Crippen LogP contribution is -2.60. The number of rotatable bonds is 5. The molecule has 0 spiro atoms. The van der Waals surface area contributed by atoms with Crippen LogP contribution in [0.2, 0.25) is 0 Å². The maximum absolute atomic E-state index is 6.20. The lowest BCUT2D eigenvalue weighted by molar-refractivity contribution is 0.00123. The van der Waals surface area contributed by atoms with E-state index in [0.29, 0.717) is 5.54 Å². The second kappa shape index (κ2) is 5.05. The highest BCUT2D eigenvalue weighted by Crippen LogP contribution is 2.44. The molecule has 0 heterocycles. The van der Waals surface area contributed by atoms with E-state index in [9.17, 15) is 0 Å². The predicted molar refractivity (Wildman–Crippen MR) is 69.4 cm³/mol. The molecule has 0 aliphatic heterocycles. The number of nitrogens with zero attached hydrogens (tertiary/aromatic N) is 1. The zero-order valence-corrected chi connectivity index (χ0v) is 11.0. The third kappa shape index (κ3) is 2.02. The molecule has 2 nitrogen and oxygen atoms in total. The summed E-state index contributed by atoms with van der Waals surface area (Å²) < 4.78 is 0. The summed E-state index contributed by atoms with van der Waals surface area (Å²) in [5, 5.41) is 0. The van der Waals surface area contributed by atoms with E-state index < -0.39 is 0 Å². The minimum absolute atomic E-state index is 0.350. The average Bonchev–Trinajstić information content (AvgIpc) is 3.15. The van der Waals surface area contributed by atoms with Crippen LogP contribution in [0.1, 0.15) is 58.8 Å². The normalized spacial score (nSPS) is 35.6. The van der Waals surface area contributed by atoms with Gasteiger partial charge in [0.15, 0.2) is 0 Å². The van der Waals surface area contributed by atoms with Crippen molar-refractivity contribution in [2.24, 2.45) is 11.7 Å². The number of hydrogen-bond donors (Lipinski definition) is 1. The van der Waals surface area contributed by atoms with Crippen molar-refractivity contribution in [3.63, 3.8) is 0 Å². The largest absolute Gasteiger partial charge is 0.329 e. The third-order valence-corrected chi connectivity index (χ3v) is 4.92. The zero-order chi connectivity index (χ0) is 11.6. The van der Waals surface area contributed by atoms with E-state index in [1.807, 2.05) is 0 Å². The van der Waals surface area contributed by atoms with Crippen molar-refractivity contribution >= 4 is 0 Å². The molecule has 2 fully saturated rings. The van der Waals surface area contributed by atoms with Gasteiger partial charge in [-0.05, 0) is 38.1 Å². The summed E-state index contributed by atoms with van der Waals surface area (Å²) in [6, 6.07) is 0.862. The Labute approximate surface area is 101 Å². The highest BCUT2D eigenvalue weighted by molar-refractivity contribution is 5.03. The van der Waals surface area contributed by atoms with Crippen LogP contribution in [-0.2, 0) is 0 Å². The highest BCUT2D eigenvalue weighted by atomic mass is 15.3. The summed E-state index contributed by atoms with van der Waals surface area (Å²) in [4.78, 5) is 2.76. The van der Waals surface area contributed by atoms with Crippen molar-refractivity contribution in [3.05, 3.63) is 0 Å². The quantitative estimate of drug-likeness (QED) is 0.778. The van der Waals surface area contributed by atoms with Crippen LogP contribution in [0, 0.1) is 5.92 Å². The maximum atomic E-state index is 6.20. The van der Waals surface area contributed by atoms with Crippen LogP contribution in [0.25, 0.3) is 0 Å². The lowest BCUT2D eigenvalue weighted by atomic mass is 9.70. The van der Waals surface area contributed by atoms with Gasteiger partial charge in [0.05, 0.1) is 0 Å². The van der Waals surface area contributed by atoms with Crippen LogP contribution in [0.15, 0.2) is 0 Å². The number of nitrogens with two attached hydrogens (primary N) is 1. The monoisotopic (exact) mass is 224 g/mol. The topological polar surface area (TPSA) is 29.3 Å².